The second-order valence-corrected chi connectivity index (χ2v) is 4.95. The maximum Gasteiger partial charge on any atom is 0.0295 e. The van der Waals surface area contributed by atoms with E-state index < -0.39 is 0 Å². The normalized spacial score (nSPS) is 10.1. The largest absolute Gasteiger partial charge is 0.0609 e. The molecule has 3 radical (unpaired) electrons. The number of benzene rings is 1. The summed E-state index contributed by atoms with van der Waals surface area (Å²) in [5.74, 6) is 0. The van der Waals surface area contributed by atoms with Gasteiger partial charge in [-0.2, -0.15) is 0 Å². The van der Waals surface area contributed by atoms with Crippen LogP contribution in [0.3, 0.4) is 0 Å². The van der Waals surface area contributed by atoms with Gasteiger partial charge in [0.2, 0.25) is 0 Å². The Labute approximate surface area is 97.9 Å². The third-order valence-corrected chi connectivity index (χ3v) is 4.88. The number of rotatable bonds is 2. The van der Waals surface area contributed by atoms with Gasteiger partial charge in [-0.3, -0.25) is 0 Å². The molecule has 0 unspecified atom stereocenters. The molecule has 0 bridgehead atoms. The number of hydrogen-bond donors (Lipinski definition) is 0. The average Bonchev–Trinajstić information content (AvgIpc) is 1.99. The molecule has 57 valence electrons. The zero-order valence-corrected chi connectivity index (χ0v) is 11.2. The lowest BCUT2D eigenvalue weighted by molar-refractivity contribution is 1.11. The highest BCUT2D eigenvalue weighted by Gasteiger charge is 2.00. The van der Waals surface area contributed by atoms with Crippen molar-refractivity contribution >= 4 is 55.4 Å². The highest BCUT2D eigenvalue weighted by atomic mass is 127. The van der Waals surface area contributed by atoms with Crippen LogP contribution >= 0.6 is 45.2 Å². The SMILES string of the molecule is [Si]CCc1cccc(I)c1I. The van der Waals surface area contributed by atoms with Crippen LogP contribution in [0.2, 0.25) is 6.04 Å². The molecule has 0 aliphatic rings. The average molecular weight is 385 g/mol. The van der Waals surface area contributed by atoms with Crippen LogP contribution in [0.4, 0.5) is 0 Å². The van der Waals surface area contributed by atoms with Crippen molar-refractivity contribution in [1.82, 2.24) is 0 Å². The van der Waals surface area contributed by atoms with Crippen molar-refractivity contribution in [1.29, 1.82) is 0 Å². The molecular weight excluding hydrogens is 378 g/mol. The Morgan fingerprint density at radius 3 is 2.64 bits per heavy atom. The second-order valence-electron chi connectivity index (χ2n) is 2.21. The molecule has 0 fully saturated rings. The maximum atomic E-state index is 3.48. The van der Waals surface area contributed by atoms with E-state index in [2.05, 4.69) is 73.6 Å². The first kappa shape index (κ1) is 9.98. The molecule has 1 rings (SSSR count). The van der Waals surface area contributed by atoms with Crippen LogP contribution in [-0.4, -0.2) is 10.2 Å². The van der Waals surface area contributed by atoms with Gasteiger partial charge in [-0.25, -0.2) is 0 Å². The summed E-state index contributed by atoms with van der Waals surface area (Å²) in [5.41, 5.74) is 1.44. The number of aryl methyl sites for hydroxylation is 1. The molecule has 0 atom stereocenters. The van der Waals surface area contributed by atoms with Crippen molar-refractivity contribution in [2.45, 2.75) is 12.5 Å². The van der Waals surface area contributed by atoms with Gasteiger partial charge in [0.25, 0.3) is 0 Å². The minimum atomic E-state index is 1.04. The Morgan fingerprint density at radius 2 is 2.00 bits per heavy atom. The van der Waals surface area contributed by atoms with Crippen molar-refractivity contribution in [3.05, 3.63) is 30.9 Å². The van der Waals surface area contributed by atoms with Gasteiger partial charge in [-0.1, -0.05) is 18.2 Å². The van der Waals surface area contributed by atoms with E-state index in [0.29, 0.717) is 0 Å². The summed E-state index contributed by atoms with van der Waals surface area (Å²) >= 11 is 4.77. The molecule has 0 aromatic heterocycles. The third-order valence-electron chi connectivity index (χ3n) is 1.43. The van der Waals surface area contributed by atoms with Gasteiger partial charge < -0.3 is 0 Å². The monoisotopic (exact) mass is 385 g/mol. The molecule has 0 heterocycles. The summed E-state index contributed by atoms with van der Waals surface area (Å²) in [6.07, 6.45) is 1.12. The lowest BCUT2D eigenvalue weighted by Crippen LogP contribution is -1.90. The molecule has 0 spiro atoms. The fourth-order valence-electron chi connectivity index (χ4n) is 0.876. The molecule has 0 amide bonds. The zero-order chi connectivity index (χ0) is 8.27. The first-order chi connectivity index (χ1) is 5.25. The Hall–Kier alpha value is 0.897. The van der Waals surface area contributed by atoms with E-state index in [4.69, 9.17) is 0 Å². The van der Waals surface area contributed by atoms with Crippen LogP contribution in [0, 0.1) is 7.14 Å². The van der Waals surface area contributed by atoms with Crippen molar-refractivity contribution < 1.29 is 0 Å². The van der Waals surface area contributed by atoms with E-state index in [1.165, 1.54) is 12.7 Å². The number of halogens is 2. The van der Waals surface area contributed by atoms with Crippen LogP contribution in [0.25, 0.3) is 0 Å². The second kappa shape index (κ2) is 4.81. The summed E-state index contributed by atoms with van der Waals surface area (Å²) in [7, 11) is 3.48. The summed E-state index contributed by atoms with van der Waals surface area (Å²) in [4.78, 5) is 0. The van der Waals surface area contributed by atoms with Crippen LogP contribution in [0.5, 0.6) is 0 Å². The predicted octanol–water partition coefficient (Wildman–Crippen LogP) is 3.03. The fourth-order valence-corrected chi connectivity index (χ4v) is 2.33. The Bertz CT molecular complexity index is 248. The van der Waals surface area contributed by atoms with E-state index in [-0.39, 0.29) is 0 Å². The molecule has 0 nitrogen and oxygen atoms in total. The van der Waals surface area contributed by atoms with E-state index in [9.17, 15) is 0 Å². The van der Waals surface area contributed by atoms with Gasteiger partial charge in [0.15, 0.2) is 0 Å². The molecular formula is C8H7I2Si. The van der Waals surface area contributed by atoms with Crippen LogP contribution in [0.1, 0.15) is 5.56 Å². The lowest BCUT2D eigenvalue weighted by Gasteiger charge is -2.03. The Kier molecular flexibility index (Phi) is 4.36. The maximum absolute atomic E-state index is 3.48. The molecule has 11 heavy (non-hydrogen) atoms. The fraction of sp³-hybridized carbons (Fsp3) is 0.250. The van der Waals surface area contributed by atoms with Crippen molar-refractivity contribution in [2.75, 3.05) is 0 Å². The van der Waals surface area contributed by atoms with Gasteiger partial charge in [0.05, 0.1) is 0 Å². The summed E-state index contributed by atoms with van der Waals surface area (Å²) in [6.45, 7) is 0. The van der Waals surface area contributed by atoms with Crippen molar-refractivity contribution in [3.63, 3.8) is 0 Å². The number of hydrogen-bond acceptors (Lipinski definition) is 0. The molecule has 0 saturated heterocycles. The van der Waals surface area contributed by atoms with Crippen LogP contribution in [-0.2, 0) is 6.42 Å². The van der Waals surface area contributed by atoms with Gasteiger partial charge in [0, 0.05) is 17.4 Å². The Morgan fingerprint density at radius 1 is 1.27 bits per heavy atom. The smallest absolute Gasteiger partial charge is 0.0295 e. The molecule has 1 aromatic carbocycles. The predicted molar refractivity (Wildman–Crippen MR) is 66.1 cm³/mol. The molecule has 0 aliphatic heterocycles. The highest BCUT2D eigenvalue weighted by Crippen LogP contribution is 2.19. The van der Waals surface area contributed by atoms with Crippen molar-refractivity contribution in [3.8, 4) is 0 Å². The topological polar surface area (TPSA) is 0 Å². The molecule has 0 N–H and O–H groups in total. The minimum absolute atomic E-state index is 1.04. The van der Waals surface area contributed by atoms with E-state index in [0.717, 1.165) is 12.5 Å². The zero-order valence-electron chi connectivity index (χ0n) is 5.90. The standard InChI is InChI=1S/C8H7I2Si/c9-7-3-1-2-6(4-5-11)8(7)10/h1-3H,4-5H2. The van der Waals surface area contributed by atoms with E-state index in [1.807, 2.05) is 0 Å². The first-order valence-electron chi connectivity index (χ1n) is 3.33. The molecule has 1 aromatic rings. The third kappa shape index (κ3) is 2.69. The lowest BCUT2D eigenvalue weighted by atomic mass is 10.2. The summed E-state index contributed by atoms with van der Waals surface area (Å²) < 4.78 is 2.74. The van der Waals surface area contributed by atoms with Gasteiger partial charge >= 0.3 is 0 Å². The van der Waals surface area contributed by atoms with Crippen molar-refractivity contribution in [2.24, 2.45) is 0 Å². The first-order valence-corrected chi connectivity index (χ1v) is 6.19. The summed E-state index contributed by atoms with van der Waals surface area (Å²) in [6, 6.07) is 7.47. The Balaban J connectivity index is 2.96. The van der Waals surface area contributed by atoms with Gasteiger partial charge in [-0.05, 0) is 63.2 Å². The molecule has 0 aliphatic carbocycles. The van der Waals surface area contributed by atoms with Gasteiger partial charge in [0.1, 0.15) is 0 Å². The van der Waals surface area contributed by atoms with Gasteiger partial charge in [-0.15, -0.1) is 0 Å². The molecule has 3 heteroatoms. The van der Waals surface area contributed by atoms with E-state index in [1.54, 1.807) is 0 Å². The quantitative estimate of drug-likeness (QED) is 0.543. The van der Waals surface area contributed by atoms with Crippen LogP contribution in [0.15, 0.2) is 18.2 Å². The van der Waals surface area contributed by atoms with E-state index >= 15 is 0 Å². The summed E-state index contributed by atoms with van der Waals surface area (Å²) in [5, 5.41) is 0. The highest BCUT2D eigenvalue weighted by molar-refractivity contribution is 14.1. The van der Waals surface area contributed by atoms with Crippen LogP contribution < -0.4 is 0 Å². The minimum Gasteiger partial charge on any atom is -0.0609 e. The molecule has 0 saturated carbocycles.